The number of carbonyl (C=O) groups excluding carboxylic acids is 2. The number of Topliss-reactive ketones (excluding diaryl/α,β-unsaturated/α-hetero) is 1. The van der Waals surface area contributed by atoms with E-state index in [1.807, 2.05) is 0 Å². The minimum Gasteiger partial charge on any atom is -0.476 e. The minimum absolute atomic E-state index is 0.0220. The molecule has 1 saturated heterocycles. The number of ether oxygens (including phenoxy) is 1. The van der Waals surface area contributed by atoms with Crippen molar-refractivity contribution in [2.24, 2.45) is 5.92 Å². The fraction of sp³-hybridized carbons (Fsp3) is 0.529. The Hall–Kier alpha value is -1.88. The lowest BCUT2D eigenvalue weighted by molar-refractivity contribution is -0.132. The first kappa shape index (κ1) is 15.0. The Morgan fingerprint density at radius 1 is 1.41 bits per heavy atom. The normalized spacial score (nSPS) is 23.7. The smallest absolute Gasteiger partial charge is 0.270 e. The van der Waals surface area contributed by atoms with Crippen molar-refractivity contribution in [2.75, 3.05) is 25.0 Å². The zero-order valence-electron chi connectivity index (χ0n) is 13.3. The molecule has 0 bridgehead atoms. The highest BCUT2D eigenvalue weighted by Gasteiger charge is 2.39. The van der Waals surface area contributed by atoms with Crippen LogP contribution in [0.5, 0.6) is 5.75 Å². The van der Waals surface area contributed by atoms with E-state index in [0.717, 1.165) is 25.9 Å². The Morgan fingerprint density at radius 2 is 2.18 bits per heavy atom. The van der Waals surface area contributed by atoms with Gasteiger partial charge >= 0.3 is 0 Å². The molecule has 118 valence electrons. The summed E-state index contributed by atoms with van der Waals surface area (Å²) in [6.45, 7) is 5.21. The number of fused-ring (bicyclic) bond motifs is 1. The van der Waals surface area contributed by atoms with E-state index in [9.17, 15) is 9.59 Å². The zero-order chi connectivity index (χ0) is 15.9. The molecule has 1 aromatic rings. The summed E-state index contributed by atoms with van der Waals surface area (Å²) in [7, 11) is 1.72. The van der Waals surface area contributed by atoms with Crippen LogP contribution in [0.2, 0.25) is 0 Å². The van der Waals surface area contributed by atoms with Gasteiger partial charge in [-0.15, -0.1) is 0 Å². The van der Waals surface area contributed by atoms with Crippen molar-refractivity contribution in [2.45, 2.75) is 32.3 Å². The number of carbonyl (C=O) groups is 2. The molecule has 0 spiro atoms. The molecular weight excluding hydrogens is 280 g/mol. The molecule has 1 unspecified atom stereocenters. The van der Waals surface area contributed by atoms with Gasteiger partial charge in [0.15, 0.2) is 11.4 Å². The molecule has 1 amide bonds. The third-order valence-corrected chi connectivity index (χ3v) is 4.46. The van der Waals surface area contributed by atoms with Gasteiger partial charge in [-0.25, -0.2) is 0 Å². The summed E-state index contributed by atoms with van der Waals surface area (Å²) in [6.07, 6.45) is 1.94. The van der Waals surface area contributed by atoms with Gasteiger partial charge in [0.05, 0.1) is 5.69 Å². The van der Waals surface area contributed by atoms with Gasteiger partial charge in [0.2, 0.25) is 0 Å². The number of nitrogens with zero attached hydrogens (tertiary/aromatic N) is 1. The second-order valence-corrected chi connectivity index (χ2v) is 6.57. The van der Waals surface area contributed by atoms with Crippen LogP contribution in [0.15, 0.2) is 18.2 Å². The van der Waals surface area contributed by atoms with Gasteiger partial charge in [0, 0.05) is 25.1 Å². The van der Waals surface area contributed by atoms with Crippen LogP contribution in [0, 0.1) is 5.92 Å². The summed E-state index contributed by atoms with van der Waals surface area (Å²) < 4.78 is 5.77. The standard InChI is InChI=1S/C17H22N2O3/c1-17(2)16(21)19(3)13-9-11(6-7-14(13)22-17)15(20)12-5-4-8-18-10-12/h6-7,9,12,18H,4-5,8,10H2,1-3H3. The monoisotopic (exact) mass is 302 g/mol. The van der Waals surface area contributed by atoms with E-state index in [1.165, 1.54) is 0 Å². The summed E-state index contributed by atoms with van der Waals surface area (Å²) in [4.78, 5) is 26.5. The van der Waals surface area contributed by atoms with Crippen LogP contribution >= 0.6 is 0 Å². The number of anilines is 1. The van der Waals surface area contributed by atoms with E-state index < -0.39 is 5.60 Å². The molecule has 0 radical (unpaired) electrons. The van der Waals surface area contributed by atoms with Crippen molar-refractivity contribution in [1.82, 2.24) is 5.32 Å². The molecule has 1 N–H and O–H groups in total. The van der Waals surface area contributed by atoms with E-state index >= 15 is 0 Å². The quantitative estimate of drug-likeness (QED) is 0.849. The maximum absolute atomic E-state index is 12.6. The van der Waals surface area contributed by atoms with Gasteiger partial charge in [0.25, 0.3) is 5.91 Å². The fourth-order valence-corrected chi connectivity index (χ4v) is 3.16. The Morgan fingerprint density at radius 3 is 2.86 bits per heavy atom. The predicted molar refractivity (Wildman–Crippen MR) is 84.5 cm³/mol. The van der Waals surface area contributed by atoms with E-state index in [0.29, 0.717) is 17.0 Å². The molecule has 22 heavy (non-hydrogen) atoms. The average molecular weight is 302 g/mol. The molecule has 1 aromatic carbocycles. The van der Waals surface area contributed by atoms with Gasteiger partial charge in [0.1, 0.15) is 5.75 Å². The molecule has 0 aliphatic carbocycles. The molecule has 2 aliphatic heterocycles. The van der Waals surface area contributed by atoms with Gasteiger partial charge in [-0.1, -0.05) is 0 Å². The Kier molecular flexibility index (Phi) is 3.68. The highest BCUT2D eigenvalue weighted by Crippen LogP contribution is 2.38. The Bertz CT molecular complexity index is 618. The zero-order valence-corrected chi connectivity index (χ0v) is 13.3. The van der Waals surface area contributed by atoms with Crippen molar-refractivity contribution in [3.63, 3.8) is 0 Å². The lowest BCUT2D eigenvalue weighted by Gasteiger charge is -2.37. The first-order valence-electron chi connectivity index (χ1n) is 7.76. The van der Waals surface area contributed by atoms with Gasteiger partial charge < -0.3 is 15.0 Å². The van der Waals surface area contributed by atoms with Gasteiger partial charge in [-0.2, -0.15) is 0 Å². The summed E-state index contributed by atoms with van der Waals surface area (Å²) in [5.74, 6) is 0.698. The highest BCUT2D eigenvalue weighted by molar-refractivity contribution is 6.04. The summed E-state index contributed by atoms with van der Waals surface area (Å²) in [5.41, 5.74) is 0.440. The lowest BCUT2D eigenvalue weighted by atomic mass is 9.90. The van der Waals surface area contributed by atoms with Crippen LogP contribution in [0.1, 0.15) is 37.0 Å². The van der Waals surface area contributed by atoms with Crippen LogP contribution in [-0.2, 0) is 4.79 Å². The van der Waals surface area contributed by atoms with Gasteiger partial charge in [-0.05, 0) is 51.4 Å². The van der Waals surface area contributed by atoms with Crippen LogP contribution in [0.4, 0.5) is 5.69 Å². The number of piperidine rings is 1. The third-order valence-electron chi connectivity index (χ3n) is 4.46. The van der Waals surface area contributed by atoms with Crippen LogP contribution in [0.3, 0.4) is 0 Å². The number of benzene rings is 1. The first-order chi connectivity index (χ1) is 10.4. The number of hydrogen-bond acceptors (Lipinski definition) is 4. The van der Waals surface area contributed by atoms with E-state index in [2.05, 4.69) is 5.32 Å². The molecule has 1 atom stereocenters. The molecule has 1 fully saturated rings. The Labute approximate surface area is 130 Å². The first-order valence-corrected chi connectivity index (χ1v) is 7.76. The van der Waals surface area contributed by atoms with Crippen LogP contribution < -0.4 is 15.0 Å². The molecule has 0 saturated carbocycles. The summed E-state index contributed by atoms with van der Waals surface area (Å²) >= 11 is 0. The van der Waals surface area contributed by atoms with Crippen molar-refractivity contribution in [1.29, 1.82) is 0 Å². The van der Waals surface area contributed by atoms with Crippen molar-refractivity contribution >= 4 is 17.4 Å². The second-order valence-electron chi connectivity index (χ2n) is 6.57. The predicted octanol–water partition coefficient (Wildman–Crippen LogP) is 2.00. The molecule has 5 heteroatoms. The minimum atomic E-state index is -0.874. The maximum atomic E-state index is 12.6. The van der Waals surface area contributed by atoms with E-state index in [-0.39, 0.29) is 17.6 Å². The van der Waals surface area contributed by atoms with Crippen LogP contribution in [0.25, 0.3) is 0 Å². The summed E-state index contributed by atoms with van der Waals surface area (Å²) in [6, 6.07) is 5.37. The number of hydrogen-bond donors (Lipinski definition) is 1. The van der Waals surface area contributed by atoms with Crippen molar-refractivity contribution < 1.29 is 14.3 Å². The average Bonchev–Trinajstić information content (AvgIpc) is 2.52. The highest BCUT2D eigenvalue weighted by atomic mass is 16.5. The number of amides is 1. The third kappa shape index (κ3) is 2.50. The number of ketones is 1. The molecule has 2 heterocycles. The topological polar surface area (TPSA) is 58.6 Å². The molecule has 0 aromatic heterocycles. The SMILES string of the molecule is CN1C(=O)C(C)(C)Oc2ccc(C(=O)C3CCCNC3)cc21. The maximum Gasteiger partial charge on any atom is 0.270 e. The fourth-order valence-electron chi connectivity index (χ4n) is 3.16. The van der Waals surface area contributed by atoms with Crippen molar-refractivity contribution in [3.8, 4) is 5.75 Å². The van der Waals surface area contributed by atoms with E-state index in [1.54, 1.807) is 44.0 Å². The van der Waals surface area contributed by atoms with E-state index in [4.69, 9.17) is 4.74 Å². The molecule has 2 aliphatic rings. The van der Waals surface area contributed by atoms with Crippen LogP contribution in [-0.4, -0.2) is 37.4 Å². The van der Waals surface area contributed by atoms with Gasteiger partial charge in [-0.3, -0.25) is 9.59 Å². The molecular formula is C17H22N2O3. The largest absolute Gasteiger partial charge is 0.476 e. The summed E-state index contributed by atoms with van der Waals surface area (Å²) in [5, 5.41) is 3.26. The number of rotatable bonds is 2. The van der Waals surface area contributed by atoms with Crippen molar-refractivity contribution in [3.05, 3.63) is 23.8 Å². The Balaban J connectivity index is 1.91. The molecule has 3 rings (SSSR count). The number of likely N-dealkylation sites (N-methyl/N-ethyl adjacent to an activating group) is 1. The lowest BCUT2D eigenvalue weighted by Crippen LogP contribution is -2.50. The number of nitrogens with one attached hydrogen (secondary N) is 1. The molecule has 5 nitrogen and oxygen atoms in total. The second kappa shape index (κ2) is 5.39.